The average molecular weight is 197 g/mol. The second-order valence-corrected chi connectivity index (χ2v) is 3.59. The summed E-state index contributed by atoms with van der Waals surface area (Å²) in [5.74, 6) is 0.0428. The largest absolute Gasteiger partial charge is 0.489 e. The number of halogens is 1. The number of hydrogen-bond acceptors (Lipinski definition) is 2. The average Bonchev–Trinajstić information content (AvgIpc) is 2.08. The summed E-state index contributed by atoms with van der Waals surface area (Å²) in [5.41, 5.74) is 0.905. The van der Waals surface area contributed by atoms with Gasteiger partial charge in [0.15, 0.2) is 11.6 Å². The van der Waals surface area contributed by atoms with Gasteiger partial charge < -0.3 is 9.64 Å². The van der Waals surface area contributed by atoms with Gasteiger partial charge in [-0.3, -0.25) is 0 Å². The molecule has 0 fully saturated rings. The molecule has 0 unspecified atom stereocenters. The molecule has 0 aliphatic rings. The van der Waals surface area contributed by atoms with E-state index in [2.05, 4.69) is 0 Å². The molecule has 0 saturated heterocycles. The fourth-order valence-electron chi connectivity index (χ4n) is 1.06. The van der Waals surface area contributed by atoms with Crippen molar-refractivity contribution >= 4 is 0 Å². The lowest BCUT2D eigenvalue weighted by Gasteiger charge is -2.11. The highest BCUT2D eigenvalue weighted by molar-refractivity contribution is 5.28. The molecule has 14 heavy (non-hydrogen) atoms. The van der Waals surface area contributed by atoms with E-state index >= 15 is 0 Å². The first-order valence-electron chi connectivity index (χ1n) is 4.63. The molecular weight excluding hydrogens is 181 g/mol. The highest BCUT2D eigenvalue weighted by atomic mass is 19.1. The predicted molar refractivity (Wildman–Crippen MR) is 55.2 cm³/mol. The second kappa shape index (κ2) is 4.96. The van der Waals surface area contributed by atoms with Crippen LogP contribution in [-0.2, 0) is 0 Å². The van der Waals surface area contributed by atoms with Crippen molar-refractivity contribution in [3.63, 3.8) is 0 Å². The zero-order valence-corrected chi connectivity index (χ0v) is 8.88. The lowest BCUT2D eigenvalue weighted by atomic mass is 10.2. The standard InChI is InChI=1S/C11H16FNO/c1-9-4-5-11(10(12)8-9)14-7-6-13(2)3/h4-5,8H,6-7H2,1-3H3. The number of ether oxygens (including phenoxy) is 1. The fourth-order valence-corrected chi connectivity index (χ4v) is 1.06. The van der Waals surface area contributed by atoms with Gasteiger partial charge in [-0.25, -0.2) is 4.39 Å². The highest BCUT2D eigenvalue weighted by Crippen LogP contribution is 2.17. The first-order valence-corrected chi connectivity index (χ1v) is 4.63. The number of hydrogen-bond donors (Lipinski definition) is 0. The summed E-state index contributed by atoms with van der Waals surface area (Å²) in [4.78, 5) is 1.99. The SMILES string of the molecule is Cc1ccc(OCCN(C)C)c(F)c1. The molecule has 3 heteroatoms. The Morgan fingerprint density at radius 3 is 2.64 bits per heavy atom. The molecule has 0 aromatic heterocycles. The Kier molecular flexibility index (Phi) is 3.89. The van der Waals surface area contributed by atoms with Crippen molar-refractivity contribution in [1.82, 2.24) is 4.90 Å². The third-order valence-corrected chi connectivity index (χ3v) is 1.88. The maximum atomic E-state index is 13.2. The van der Waals surface area contributed by atoms with Gasteiger partial charge in [0.25, 0.3) is 0 Å². The van der Waals surface area contributed by atoms with Crippen LogP contribution in [-0.4, -0.2) is 32.1 Å². The second-order valence-electron chi connectivity index (χ2n) is 3.59. The zero-order valence-electron chi connectivity index (χ0n) is 8.88. The molecule has 0 aliphatic carbocycles. The summed E-state index contributed by atoms with van der Waals surface area (Å²) >= 11 is 0. The van der Waals surface area contributed by atoms with Crippen LogP contribution in [0.4, 0.5) is 4.39 Å². The molecule has 0 atom stereocenters. The molecule has 1 rings (SSSR count). The Morgan fingerprint density at radius 2 is 2.07 bits per heavy atom. The van der Waals surface area contributed by atoms with E-state index in [4.69, 9.17) is 4.74 Å². The summed E-state index contributed by atoms with van der Waals surface area (Å²) < 4.78 is 18.5. The van der Waals surface area contributed by atoms with Gasteiger partial charge in [-0.2, -0.15) is 0 Å². The van der Waals surface area contributed by atoms with E-state index in [0.717, 1.165) is 12.1 Å². The Balaban J connectivity index is 2.51. The van der Waals surface area contributed by atoms with Gasteiger partial charge in [-0.05, 0) is 38.7 Å². The summed E-state index contributed by atoms with van der Waals surface area (Å²) in [7, 11) is 3.91. The Hall–Kier alpha value is -1.09. The number of aryl methyl sites for hydroxylation is 1. The van der Waals surface area contributed by atoms with Gasteiger partial charge in [0.1, 0.15) is 6.61 Å². The molecule has 1 aromatic rings. The molecule has 0 N–H and O–H groups in total. The topological polar surface area (TPSA) is 12.5 Å². The fraction of sp³-hybridized carbons (Fsp3) is 0.455. The summed E-state index contributed by atoms with van der Waals surface area (Å²) in [6.07, 6.45) is 0. The Morgan fingerprint density at radius 1 is 1.36 bits per heavy atom. The smallest absolute Gasteiger partial charge is 0.165 e. The normalized spacial score (nSPS) is 10.6. The van der Waals surface area contributed by atoms with E-state index in [1.807, 2.05) is 32.0 Å². The molecule has 0 heterocycles. The summed E-state index contributed by atoms with van der Waals surface area (Å²) in [5, 5.41) is 0. The number of nitrogens with zero attached hydrogens (tertiary/aromatic N) is 1. The maximum Gasteiger partial charge on any atom is 0.165 e. The van der Waals surface area contributed by atoms with Crippen LogP contribution in [0.15, 0.2) is 18.2 Å². The molecule has 0 aliphatic heterocycles. The first-order chi connectivity index (χ1) is 6.59. The maximum absolute atomic E-state index is 13.2. The molecule has 2 nitrogen and oxygen atoms in total. The van der Waals surface area contributed by atoms with Crippen molar-refractivity contribution in [2.75, 3.05) is 27.2 Å². The van der Waals surface area contributed by atoms with E-state index in [-0.39, 0.29) is 5.82 Å². The monoisotopic (exact) mass is 197 g/mol. The minimum atomic E-state index is -0.288. The van der Waals surface area contributed by atoms with Crippen molar-refractivity contribution in [3.05, 3.63) is 29.6 Å². The van der Waals surface area contributed by atoms with Crippen molar-refractivity contribution < 1.29 is 9.13 Å². The number of rotatable bonds is 4. The number of benzene rings is 1. The quantitative estimate of drug-likeness (QED) is 0.732. The highest BCUT2D eigenvalue weighted by Gasteiger charge is 2.02. The van der Waals surface area contributed by atoms with Gasteiger partial charge in [0, 0.05) is 6.54 Å². The third kappa shape index (κ3) is 3.34. The molecule has 0 radical (unpaired) electrons. The van der Waals surface area contributed by atoms with E-state index in [0.29, 0.717) is 12.4 Å². The van der Waals surface area contributed by atoms with Gasteiger partial charge in [0.2, 0.25) is 0 Å². The molecule has 0 amide bonds. The van der Waals surface area contributed by atoms with E-state index in [1.165, 1.54) is 6.07 Å². The minimum absolute atomic E-state index is 0.288. The molecular formula is C11H16FNO. The van der Waals surface area contributed by atoms with Crippen LogP contribution in [0, 0.1) is 12.7 Å². The van der Waals surface area contributed by atoms with Crippen LogP contribution < -0.4 is 4.74 Å². The van der Waals surface area contributed by atoms with Crippen LogP contribution in [0.25, 0.3) is 0 Å². The number of likely N-dealkylation sites (N-methyl/N-ethyl adjacent to an activating group) is 1. The van der Waals surface area contributed by atoms with Crippen LogP contribution in [0.3, 0.4) is 0 Å². The molecule has 0 spiro atoms. The van der Waals surface area contributed by atoms with E-state index in [1.54, 1.807) is 6.07 Å². The minimum Gasteiger partial charge on any atom is -0.489 e. The first kappa shape index (κ1) is 11.0. The Bertz CT molecular complexity index is 299. The van der Waals surface area contributed by atoms with Gasteiger partial charge in [0.05, 0.1) is 0 Å². The van der Waals surface area contributed by atoms with Crippen LogP contribution >= 0.6 is 0 Å². The Labute approximate surface area is 84.3 Å². The third-order valence-electron chi connectivity index (χ3n) is 1.88. The van der Waals surface area contributed by atoms with Crippen LogP contribution in [0.5, 0.6) is 5.75 Å². The molecule has 0 bridgehead atoms. The summed E-state index contributed by atoms with van der Waals surface area (Å²) in [6.45, 7) is 3.15. The zero-order chi connectivity index (χ0) is 10.6. The summed E-state index contributed by atoms with van der Waals surface area (Å²) in [6, 6.07) is 4.99. The van der Waals surface area contributed by atoms with E-state index < -0.39 is 0 Å². The van der Waals surface area contributed by atoms with Gasteiger partial charge in [-0.15, -0.1) is 0 Å². The van der Waals surface area contributed by atoms with Crippen LogP contribution in [0.2, 0.25) is 0 Å². The molecule has 78 valence electrons. The molecule has 1 aromatic carbocycles. The van der Waals surface area contributed by atoms with Gasteiger partial charge >= 0.3 is 0 Å². The van der Waals surface area contributed by atoms with Crippen LogP contribution in [0.1, 0.15) is 5.56 Å². The predicted octanol–water partition coefficient (Wildman–Crippen LogP) is 2.07. The van der Waals surface area contributed by atoms with Crippen molar-refractivity contribution in [1.29, 1.82) is 0 Å². The van der Waals surface area contributed by atoms with Gasteiger partial charge in [-0.1, -0.05) is 6.07 Å². The molecule has 0 saturated carbocycles. The van der Waals surface area contributed by atoms with E-state index in [9.17, 15) is 4.39 Å². The van der Waals surface area contributed by atoms with Crippen molar-refractivity contribution in [2.45, 2.75) is 6.92 Å². The van der Waals surface area contributed by atoms with Crippen molar-refractivity contribution in [2.24, 2.45) is 0 Å². The lowest BCUT2D eigenvalue weighted by molar-refractivity contribution is 0.252. The lowest BCUT2D eigenvalue weighted by Crippen LogP contribution is -2.19. The van der Waals surface area contributed by atoms with Crippen molar-refractivity contribution in [3.8, 4) is 5.75 Å².